The maximum atomic E-state index is 11.9. The van der Waals surface area contributed by atoms with E-state index in [1.807, 2.05) is 6.92 Å². The first kappa shape index (κ1) is 12.8. The van der Waals surface area contributed by atoms with Gasteiger partial charge in [-0.15, -0.1) is 0 Å². The van der Waals surface area contributed by atoms with Crippen molar-refractivity contribution in [2.75, 3.05) is 19.8 Å². The first-order valence-corrected chi connectivity index (χ1v) is 6.71. The molecule has 2 fully saturated rings. The standard InChI is InChI=1S/C13H23NO3/c1-9-5-12(8-17-9)13(16)14-6-10-3-2-4-11(10)7-15/h9-12,15H,2-8H2,1H3,(H,14,16). The molecule has 2 aliphatic rings. The highest BCUT2D eigenvalue weighted by molar-refractivity contribution is 5.79. The Bertz CT molecular complexity index is 269. The van der Waals surface area contributed by atoms with Crippen molar-refractivity contribution in [3.05, 3.63) is 0 Å². The number of nitrogens with one attached hydrogen (secondary N) is 1. The molecule has 0 radical (unpaired) electrons. The molecule has 1 aliphatic carbocycles. The lowest BCUT2D eigenvalue weighted by Crippen LogP contribution is -2.36. The highest BCUT2D eigenvalue weighted by Crippen LogP contribution is 2.30. The smallest absolute Gasteiger partial charge is 0.225 e. The second-order valence-corrected chi connectivity index (χ2v) is 5.46. The average molecular weight is 241 g/mol. The van der Waals surface area contributed by atoms with Crippen molar-refractivity contribution in [2.45, 2.75) is 38.7 Å². The molecule has 4 unspecified atom stereocenters. The van der Waals surface area contributed by atoms with Gasteiger partial charge in [0.2, 0.25) is 5.91 Å². The van der Waals surface area contributed by atoms with E-state index in [1.54, 1.807) is 0 Å². The molecule has 4 nitrogen and oxygen atoms in total. The second kappa shape index (κ2) is 5.83. The van der Waals surface area contributed by atoms with Crippen LogP contribution in [0.5, 0.6) is 0 Å². The van der Waals surface area contributed by atoms with Crippen LogP contribution in [0.15, 0.2) is 0 Å². The quantitative estimate of drug-likeness (QED) is 0.770. The molecule has 0 bridgehead atoms. The van der Waals surface area contributed by atoms with Crippen LogP contribution >= 0.6 is 0 Å². The Morgan fingerprint density at radius 3 is 2.82 bits per heavy atom. The Morgan fingerprint density at radius 2 is 2.18 bits per heavy atom. The molecule has 98 valence electrons. The molecule has 4 atom stereocenters. The number of hydrogen-bond donors (Lipinski definition) is 2. The van der Waals surface area contributed by atoms with Crippen molar-refractivity contribution < 1.29 is 14.6 Å². The topological polar surface area (TPSA) is 58.6 Å². The molecule has 1 amide bonds. The van der Waals surface area contributed by atoms with E-state index in [9.17, 15) is 9.90 Å². The predicted octanol–water partition coefficient (Wildman–Crippen LogP) is 0.936. The van der Waals surface area contributed by atoms with Gasteiger partial charge in [-0.3, -0.25) is 4.79 Å². The first-order chi connectivity index (χ1) is 8.20. The largest absolute Gasteiger partial charge is 0.396 e. The monoisotopic (exact) mass is 241 g/mol. The van der Waals surface area contributed by atoms with Crippen LogP contribution in [0.25, 0.3) is 0 Å². The summed E-state index contributed by atoms with van der Waals surface area (Å²) >= 11 is 0. The normalized spacial score (nSPS) is 37.3. The van der Waals surface area contributed by atoms with E-state index in [4.69, 9.17) is 4.74 Å². The number of aliphatic hydroxyl groups excluding tert-OH is 1. The van der Waals surface area contributed by atoms with Crippen LogP contribution < -0.4 is 5.32 Å². The molecule has 1 saturated heterocycles. The van der Waals surface area contributed by atoms with Crippen LogP contribution in [0.3, 0.4) is 0 Å². The molecule has 1 saturated carbocycles. The average Bonchev–Trinajstić information content (AvgIpc) is 2.94. The van der Waals surface area contributed by atoms with Gasteiger partial charge in [0.1, 0.15) is 0 Å². The lowest BCUT2D eigenvalue weighted by Gasteiger charge is -2.18. The zero-order chi connectivity index (χ0) is 12.3. The first-order valence-electron chi connectivity index (χ1n) is 6.71. The van der Waals surface area contributed by atoms with Gasteiger partial charge in [-0.05, 0) is 38.0 Å². The number of aliphatic hydroxyl groups is 1. The van der Waals surface area contributed by atoms with E-state index in [-0.39, 0.29) is 24.5 Å². The van der Waals surface area contributed by atoms with E-state index in [0.29, 0.717) is 18.4 Å². The van der Waals surface area contributed by atoms with E-state index in [0.717, 1.165) is 25.8 Å². The van der Waals surface area contributed by atoms with E-state index >= 15 is 0 Å². The van der Waals surface area contributed by atoms with Gasteiger partial charge in [-0.1, -0.05) is 6.42 Å². The summed E-state index contributed by atoms with van der Waals surface area (Å²) in [6.07, 6.45) is 4.45. The van der Waals surface area contributed by atoms with Crippen LogP contribution in [0.1, 0.15) is 32.6 Å². The molecular formula is C13H23NO3. The number of amides is 1. The molecule has 0 aromatic rings. The minimum absolute atomic E-state index is 0.0268. The van der Waals surface area contributed by atoms with Gasteiger partial charge in [0.25, 0.3) is 0 Å². The highest BCUT2D eigenvalue weighted by atomic mass is 16.5. The molecule has 2 N–H and O–H groups in total. The third-order valence-corrected chi connectivity index (χ3v) is 4.16. The number of carbonyl (C=O) groups is 1. The van der Waals surface area contributed by atoms with Crippen molar-refractivity contribution in [1.29, 1.82) is 0 Å². The van der Waals surface area contributed by atoms with Crippen LogP contribution in [-0.4, -0.2) is 36.9 Å². The van der Waals surface area contributed by atoms with Crippen LogP contribution in [0.2, 0.25) is 0 Å². The Kier molecular flexibility index (Phi) is 4.40. The van der Waals surface area contributed by atoms with Gasteiger partial charge in [0, 0.05) is 13.2 Å². The minimum Gasteiger partial charge on any atom is -0.396 e. The molecule has 4 heteroatoms. The second-order valence-electron chi connectivity index (χ2n) is 5.46. The fourth-order valence-corrected chi connectivity index (χ4v) is 3.00. The summed E-state index contributed by atoms with van der Waals surface area (Å²) < 4.78 is 5.40. The van der Waals surface area contributed by atoms with E-state index in [1.165, 1.54) is 6.42 Å². The molecule has 1 aliphatic heterocycles. The maximum absolute atomic E-state index is 11.9. The molecule has 0 spiro atoms. The van der Waals surface area contributed by atoms with Gasteiger partial charge in [0.05, 0.1) is 18.6 Å². The van der Waals surface area contributed by atoms with Crippen LogP contribution in [0, 0.1) is 17.8 Å². The van der Waals surface area contributed by atoms with Gasteiger partial charge in [-0.25, -0.2) is 0 Å². The Labute approximate surface area is 103 Å². The van der Waals surface area contributed by atoms with E-state index in [2.05, 4.69) is 5.32 Å². The van der Waals surface area contributed by atoms with Crippen molar-refractivity contribution in [1.82, 2.24) is 5.32 Å². The zero-order valence-corrected chi connectivity index (χ0v) is 10.5. The minimum atomic E-state index is 0.0268. The van der Waals surface area contributed by atoms with Gasteiger partial charge in [-0.2, -0.15) is 0 Å². The summed E-state index contributed by atoms with van der Waals surface area (Å²) in [7, 11) is 0. The van der Waals surface area contributed by atoms with Crippen LogP contribution in [-0.2, 0) is 9.53 Å². The Balaban J connectivity index is 1.72. The number of carbonyl (C=O) groups excluding carboxylic acids is 1. The lowest BCUT2D eigenvalue weighted by molar-refractivity contribution is -0.125. The molecule has 0 aromatic heterocycles. The Morgan fingerprint density at radius 1 is 1.41 bits per heavy atom. The third kappa shape index (κ3) is 3.19. The summed E-state index contributed by atoms with van der Waals surface area (Å²) in [6.45, 7) is 3.53. The fraction of sp³-hybridized carbons (Fsp3) is 0.923. The van der Waals surface area contributed by atoms with Crippen LogP contribution in [0.4, 0.5) is 0 Å². The molecule has 2 rings (SSSR count). The van der Waals surface area contributed by atoms with Crippen molar-refractivity contribution >= 4 is 5.91 Å². The molecule has 0 aromatic carbocycles. The zero-order valence-electron chi connectivity index (χ0n) is 10.5. The summed E-state index contributed by atoms with van der Waals surface area (Å²) in [5.41, 5.74) is 0. The number of rotatable bonds is 4. The number of ether oxygens (including phenoxy) is 1. The molecule has 17 heavy (non-hydrogen) atoms. The summed E-state index contributed by atoms with van der Waals surface area (Å²) in [4.78, 5) is 11.9. The van der Waals surface area contributed by atoms with Crippen molar-refractivity contribution in [2.24, 2.45) is 17.8 Å². The molecule has 1 heterocycles. The van der Waals surface area contributed by atoms with Crippen molar-refractivity contribution in [3.8, 4) is 0 Å². The third-order valence-electron chi connectivity index (χ3n) is 4.16. The Hall–Kier alpha value is -0.610. The van der Waals surface area contributed by atoms with E-state index < -0.39 is 0 Å². The maximum Gasteiger partial charge on any atom is 0.225 e. The predicted molar refractivity (Wildman–Crippen MR) is 64.4 cm³/mol. The summed E-state index contributed by atoms with van der Waals surface area (Å²) in [6, 6.07) is 0. The SMILES string of the molecule is CC1CC(C(=O)NCC2CCCC2CO)CO1. The summed E-state index contributed by atoms with van der Waals surface area (Å²) in [5, 5.41) is 12.2. The fourth-order valence-electron chi connectivity index (χ4n) is 3.00. The highest BCUT2D eigenvalue weighted by Gasteiger charge is 2.30. The van der Waals surface area contributed by atoms with Gasteiger partial charge >= 0.3 is 0 Å². The van der Waals surface area contributed by atoms with Crippen molar-refractivity contribution in [3.63, 3.8) is 0 Å². The number of hydrogen-bond acceptors (Lipinski definition) is 3. The van der Waals surface area contributed by atoms with Gasteiger partial charge < -0.3 is 15.2 Å². The molecular weight excluding hydrogens is 218 g/mol. The lowest BCUT2D eigenvalue weighted by atomic mass is 9.96. The van der Waals surface area contributed by atoms with Gasteiger partial charge in [0.15, 0.2) is 0 Å². The summed E-state index contributed by atoms with van der Waals surface area (Å²) in [5.74, 6) is 0.995.